The number of hydrogen-bond donors (Lipinski definition) is 1. The van der Waals surface area contributed by atoms with Crippen LogP contribution < -0.4 is 4.74 Å². The van der Waals surface area contributed by atoms with Crippen molar-refractivity contribution in [3.8, 4) is 5.75 Å². The maximum atomic E-state index is 11.5. The Kier molecular flexibility index (Phi) is 6.12. The number of imidazole rings is 1. The van der Waals surface area contributed by atoms with Crippen molar-refractivity contribution in [1.82, 2.24) is 9.97 Å². The number of carbonyl (C=O) groups is 2. The third kappa shape index (κ3) is 4.94. The van der Waals surface area contributed by atoms with E-state index in [0.717, 1.165) is 23.3 Å². The first-order valence-corrected chi connectivity index (χ1v) is 8.01. The van der Waals surface area contributed by atoms with Gasteiger partial charge in [0.05, 0.1) is 17.6 Å². The van der Waals surface area contributed by atoms with Crippen molar-refractivity contribution in [1.29, 1.82) is 0 Å². The van der Waals surface area contributed by atoms with Gasteiger partial charge in [-0.3, -0.25) is 4.79 Å². The van der Waals surface area contributed by atoms with Gasteiger partial charge in [0, 0.05) is 24.5 Å². The standard InChI is InChI=1S/C18H22N2O4/c1-4-6-17(21)24-13-8-9-14-15(11-13)20-16(19-14)7-5-10-23-18(22)12(2)3/h8-9,11H,2,4-7,10H2,1,3H3,(H,19,20). The lowest BCUT2D eigenvalue weighted by Crippen LogP contribution is -2.07. The van der Waals surface area contributed by atoms with E-state index in [1.807, 2.05) is 13.0 Å². The molecule has 0 aliphatic heterocycles. The second kappa shape index (κ2) is 8.29. The zero-order chi connectivity index (χ0) is 17.5. The molecular formula is C18H22N2O4. The largest absolute Gasteiger partial charge is 0.462 e. The van der Waals surface area contributed by atoms with E-state index >= 15 is 0 Å². The van der Waals surface area contributed by atoms with E-state index in [0.29, 0.717) is 37.2 Å². The van der Waals surface area contributed by atoms with E-state index in [1.54, 1.807) is 19.1 Å². The number of aromatic nitrogens is 2. The lowest BCUT2D eigenvalue weighted by molar-refractivity contribution is -0.139. The third-order valence-corrected chi connectivity index (χ3v) is 3.33. The van der Waals surface area contributed by atoms with Gasteiger partial charge in [0.2, 0.25) is 0 Å². The number of nitrogens with zero attached hydrogens (tertiary/aromatic N) is 1. The fraction of sp³-hybridized carbons (Fsp3) is 0.389. The number of carbonyl (C=O) groups excluding carboxylic acids is 2. The number of benzene rings is 1. The second-order valence-corrected chi connectivity index (χ2v) is 5.61. The molecule has 0 amide bonds. The van der Waals surface area contributed by atoms with Crippen molar-refractivity contribution in [3.05, 3.63) is 36.2 Å². The zero-order valence-electron chi connectivity index (χ0n) is 14.1. The molecule has 0 spiro atoms. The summed E-state index contributed by atoms with van der Waals surface area (Å²) in [6.45, 7) is 7.40. The Balaban J connectivity index is 1.92. The molecule has 0 bridgehead atoms. The lowest BCUT2D eigenvalue weighted by Gasteiger charge is -2.02. The van der Waals surface area contributed by atoms with E-state index < -0.39 is 0 Å². The molecule has 24 heavy (non-hydrogen) atoms. The van der Waals surface area contributed by atoms with Crippen LogP contribution in [0.15, 0.2) is 30.4 Å². The smallest absolute Gasteiger partial charge is 0.333 e. The van der Waals surface area contributed by atoms with E-state index in [4.69, 9.17) is 9.47 Å². The van der Waals surface area contributed by atoms with Crippen molar-refractivity contribution in [2.45, 2.75) is 39.5 Å². The van der Waals surface area contributed by atoms with Gasteiger partial charge in [0.1, 0.15) is 11.6 Å². The Morgan fingerprint density at radius 3 is 2.83 bits per heavy atom. The van der Waals surface area contributed by atoms with Crippen LogP contribution >= 0.6 is 0 Å². The molecule has 0 fully saturated rings. The minimum Gasteiger partial charge on any atom is -0.462 e. The Bertz CT molecular complexity index is 749. The molecule has 2 aromatic rings. The summed E-state index contributed by atoms with van der Waals surface area (Å²) in [6, 6.07) is 5.31. The SMILES string of the molecule is C=C(C)C(=O)OCCCc1nc2ccc(OC(=O)CCC)cc2[nH]1. The molecule has 0 aliphatic rings. The number of hydrogen-bond acceptors (Lipinski definition) is 5. The molecule has 0 radical (unpaired) electrons. The van der Waals surface area contributed by atoms with Crippen LogP contribution in [0.2, 0.25) is 0 Å². The first-order chi connectivity index (χ1) is 11.5. The number of esters is 2. The molecule has 6 heteroatoms. The van der Waals surface area contributed by atoms with Gasteiger partial charge in [-0.15, -0.1) is 0 Å². The lowest BCUT2D eigenvalue weighted by atomic mass is 10.3. The molecule has 0 saturated carbocycles. The molecule has 1 aromatic carbocycles. The first kappa shape index (κ1) is 17.7. The Morgan fingerprint density at radius 1 is 1.33 bits per heavy atom. The minimum absolute atomic E-state index is 0.240. The summed E-state index contributed by atoms with van der Waals surface area (Å²) in [5.74, 6) is 0.689. The maximum absolute atomic E-state index is 11.5. The Labute approximate surface area is 140 Å². The molecule has 6 nitrogen and oxygen atoms in total. The topological polar surface area (TPSA) is 81.3 Å². The number of nitrogens with one attached hydrogen (secondary N) is 1. The molecule has 2 rings (SSSR count). The highest BCUT2D eigenvalue weighted by atomic mass is 16.5. The van der Waals surface area contributed by atoms with Gasteiger partial charge >= 0.3 is 11.9 Å². The number of ether oxygens (including phenoxy) is 2. The van der Waals surface area contributed by atoms with E-state index in [2.05, 4.69) is 16.5 Å². The van der Waals surface area contributed by atoms with Crippen LogP contribution in [0.25, 0.3) is 11.0 Å². The highest BCUT2D eigenvalue weighted by Gasteiger charge is 2.08. The quantitative estimate of drug-likeness (QED) is 0.347. The molecule has 0 saturated heterocycles. The molecule has 1 heterocycles. The number of fused-ring (bicyclic) bond motifs is 1. The van der Waals surface area contributed by atoms with E-state index in [-0.39, 0.29) is 11.9 Å². The maximum Gasteiger partial charge on any atom is 0.333 e. The number of H-pyrrole nitrogens is 1. The van der Waals surface area contributed by atoms with Crippen molar-refractivity contribution in [3.63, 3.8) is 0 Å². The molecule has 0 atom stereocenters. The number of aryl methyl sites for hydroxylation is 1. The normalized spacial score (nSPS) is 10.6. The predicted octanol–water partition coefficient (Wildman–Crippen LogP) is 3.32. The van der Waals surface area contributed by atoms with Crippen LogP contribution in [0.1, 0.15) is 38.9 Å². The minimum atomic E-state index is -0.377. The molecule has 128 valence electrons. The second-order valence-electron chi connectivity index (χ2n) is 5.61. The van der Waals surface area contributed by atoms with Gasteiger partial charge in [0.15, 0.2) is 0 Å². The predicted molar refractivity (Wildman–Crippen MR) is 90.7 cm³/mol. The van der Waals surface area contributed by atoms with Gasteiger partial charge in [0.25, 0.3) is 0 Å². The number of aromatic amines is 1. The summed E-state index contributed by atoms with van der Waals surface area (Å²) < 4.78 is 10.3. The average molecular weight is 330 g/mol. The average Bonchev–Trinajstić information content (AvgIpc) is 2.93. The van der Waals surface area contributed by atoms with Gasteiger partial charge in [-0.2, -0.15) is 0 Å². The van der Waals surface area contributed by atoms with Gasteiger partial charge in [-0.1, -0.05) is 13.5 Å². The molecule has 1 aromatic heterocycles. The van der Waals surface area contributed by atoms with Crippen LogP contribution in [-0.2, 0) is 20.7 Å². The first-order valence-electron chi connectivity index (χ1n) is 8.01. The van der Waals surface area contributed by atoms with Crippen molar-refractivity contribution in [2.75, 3.05) is 6.61 Å². The summed E-state index contributed by atoms with van der Waals surface area (Å²) in [6.07, 6.45) is 2.47. The van der Waals surface area contributed by atoms with E-state index in [9.17, 15) is 9.59 Å². The van der Waals surface area contributed by atoms with Gasteiger partial charge < -0.3 is 14.5 Å². The monoisotopic (exact) mass is 330 g/mol. The summed E-state index contributed by atoms with van der Waals surface area (Å²) in [7, 11) is 0. The highest BCUT2D eigenvalue weighted by Crippen LogP contribution is 2.20. The Hall–Kier alpha value is -2.63. The van der Waals surface area contributed by atoms with Crippen molar-refractivity contribution < 1.29 is 19.1 Å². The fourth-order valence-corrected chi connectivity index (χ4v) is 2.14. The van der Waals surface area contributed by atoms with Crippen LogP contribution in [-0.4, -0.2) is 28.5 Å². The third-order valence-electron chi connectivity index (χ3n) is 3.33. The van der Waals surface area contributed by atoms with Gasteiger partial charge in [-0.25, -0.2) is 9.78 Å². The summed E-state index contributed by atoms with van der Waals surface area (Å²) in [5.41, 5.74) is 2.01. The zero-order valence-corrected chi connectivity index (χ0v) is 14.1. The summed E-state index contributed by atoms with van der Waals surface area (Å²) in [4.78, 5) is 30.5. The van der Waals surface area contributed by atoms with Crippen LogP contribution in [0.3, 0.4) is 0 Å². The van der Waals surface area contributed by atoms with Crippen LogP contribution in [0.5, 0.6) is 5.75 Å². The van der Waals surface area contributed by atoms with Gasteiger partial charge in [-0.05, 0) is 31.9 Å². The molecular weight excluding hydrogens is 308 g/mol. The number of rotatable bonds is 8. The fourth-order valence-electron chi connectivity index (χ4n) is 2.14. The molecule has 0 unspecified atom stereocenters. The molecule has 1 N–H and O–H groups in total. The van der Waals surface area contributed by atoms with Crippen molar-refractivity contribution >= 4 is 23.0 Å². The molecule has 0 aliphatic carbocycles. The van der Waals surface area contributed by atoms with Crippen LogP contribution in [0.4, 0.5) is 0 Å². The highest BCUT2D eigenvalue weighted by molar-refractivity contribution is 5.86. The van der Waals surface area contributed by atoms with Crippen LogP contribution in [0, 0.1) is 0 Å². The Morgan fingerprint density at radius 2 is 2.12 bits per heavy atom. The summed E-state index contributed by atoms with van der Waals surface area (Å²) >= 11 is 0. The summed E-state index contributed by atoms with van der Waals surface area (Å²) in [5, 5.41) is 0. The van der Waals surface area contributed by atoms with E-state index in [1.165, 1.54) is 0 Å². The van der Waals surface area contributed by atoms with Crippen molar-refractivity contribution in [2.24, 2.45) is 0 Å².